The van der Waals surface area contributed by atoms with Gasteiger partial charge in [0, 0.05) is 13.0 Å². The van der Waals surface area contributed by atoms with Gasteiger partial charge in [0.2, 0.25) is 5.91 Å². The van der Waals surface area contributed by atoms with Crippen LogP contribution in [-0.4, -0.2) is 13.0 Å². The Balaban J connectivity index is 1.88. The molecule has 1 amide bonds. The Morgan fingerprint density at radius 1 is 1.14 bits per heavy atom. The number of carbonyl (C=O) groups is 1. The Morgan fingerprint density at radius 2 is 1.71 bits per heavy atom. The van der Waals surface area contributed by atoms with Gasteiger partial charge in [0.05, 0.1) is 0 Å². The molecule has 2 heteroatoms. The zero-order chi connectivity index (χ0) is 10.0. The Morgan fingerprint density at radius 3 is 2.21 bits per heavy atom. The van der Waals surface area contributed by atoms with Crippen LogP contribution in [0.5, 0.6) is 0 Å². The van der Waals surface area contributed by atoms with Crippen molar-refractivity contribution in [2.24, 2.45) is 11.3 Å². The molecule has 14 heavy (non-hydrogen) atoms. The van der Waals surface area contributed by atoms with Crippen molar-refractivity contribution in [2.75, 3.05) is 7.05 Å². The van der Waals surface area contributed by atoms with E-state index in [1.54, 1.807) is 7.05 Å². The molecule has 2 fully saturated rings. The summed E-state index contributed by atoms with van der Waals surface area (Å²) >= 11 is 0. The molecule has 0 saturated heterocycles. The highest BCUT2D eigenvalue weighted by molar-refractivity contribution is 5.78. The Labute approximate surface area is 86.5 Å². The Kier molecular flexibility index (Phi) is 2.80. The molecule has 2 aliphatic carbocycles. The minimum absolute atomic E-state index is 0.262. The fourth-order valence-electron chi connectivity index (χ4n) is 3.32. The number of hydrogen-bond acceptors (Lipinski definition) is 1. The third-order valence-electron chi connectivity index (χ3n) is 4.33. The van der Waals surface area contributed by atoms with Crippen LogP contribution in [0.4, 0.5) is 0 Å². The quantitative estimate of drug-likeness (QED) is 0.684. The standard InChI is InChI=1S/C12H21NO/c1-13-11(14)10-4-8-12(9-5-10)6-2-3-7-12/h10H,2-9H2,1H3,(H,13,14). The van der Waals surface area contributed by atoms with Gasteiger partial charge in [0.15, 0.2) is 0 Å². The zero-order valence-corrected chi connectivity index (χ0v) is 9.14. The lowest BCUT2D eigenvalue weighted by atomic mass is 9.69. The molecule has 0 aromatic heterocycles. The number of hydrogen-bond donors (Lipinski definition) is 1. The van der Waals surface area contributed by atoms with Crippen LogP contribution >= 0.6 is 0 Å². The van der Waals surface area contributed by atoms with Crippen LogP contribution in [0, 0.1) is 11.3 Å². The summed E-state index contributed by atoms with van der Waals surface area (Å²) in [7, 11) is 1.75. The fourth-order valence-corrected chi connectivity index (χ4v) is 3.32. The van der Waals surface area contributed by atoms with Crippen molar-refractivity contribution >= 4 is 5.91 Å². The molecule has 80 valence electrons. The summed E-state index contributed by atoms with van der Waals surface area (Å²) in [6, 6.07) is 0. The highest BCUT2D eigenvalue weighted by Gasteiger charge is 2.38. The second-order valence-electron chi connectivity index (χ2n) is 5.10. The zero-order valence-electron chi connectivity index (χ0n) is 9.14. The van der Waals surface area contributed by atoms with E-state index in [0.717, 1.165) is 12.8 Å². The van der Waals surface area contributed by atoms with E-state index in [-0.39, 0.29) is 5.91 Å². The van der Waals surface area contributed by atoms with Crippen LogP contribution < -0.4 is 5.32 Å². The highest BCUT2D eigenvalue weighted by Crippen LogP contribution is 2.50. The molecule has 1 N–H and O–H groups in total. The molecule has 2 aliphatic rings. The molecule has 0 radical (unpaired) electrons. The van der Waals surface area contributed by atoms with E-state index in [0.29, 0.717) is 11.3 Å². The first-order valence-electron chi connectivity index (χ1n) is 5.97. The van der Waals surface area contributed by atoms with Crippen LogP contribution in [-0.2, 0) is 4.79 Å². The second kappa shape index (κ2) is 3.92. The van der Waals surface area contributed by atoms with Crippen LogP contribution in [0.15, 0.2) is 0 Å². The number of carbonyl (C=O) groups excluding carboxylic acids is 1. The fraction of sp³-hybridized carbons (Fsp3) is 0.917. The lowest BCUT2D eigenvalue weighted by molar-refractivity contribution is -0.126. The maximum absolute atomic E-state index is 11.5. The first-order valence-corrected chi connectivity index (χ1v) is 5.97. The molecule has 0 aromatic rings. The smallest absolute Gasteiger partial charge is 0.222 e. The lowest BCUT2D eigenvalue weighted by Crippen LogP contribution is -2.33. The largest absolute Gasteiger partial charge is 0.359 e. The minimum atomic E-state index is 0.262. The van der Waals surface area contributed by atoms with Gasteiger partial charge in [-0.1, -0.05) is 12.8 Å². The first kappa shape index (κ1) is 10.0. The van der Waals surface area contributed by atoms with Gasteiger partial charge in [-0.2, -0.15) is 0 Å². The van der Waals surface area contributed by atoms with Crippen molar-refractivity contribution in [3.63, 3.8) is 0 Å². The van der Waals surface area contributed by atoms with Crippen molar-refractivity contribution in [2.45, 2.75) is 51.4 Å². The highest BCUT2D eigenvalue weighted by atomic mass is 16.1. The molecule has 0 atom stereocenters. The predicted octanol–water partition coefficient (Wildman–Crippen LogP) is 2.48. The van der Waals surface area contributed by atoms with E-state index in [1.165, 1.54) is 38.5 Å². The molecule has 2 saturated carbocycles. The average molecular weight is 195 g/mol. The van der Waals surface area contributed by atoms with Crippen LogP contribution in [0.3, 0.4) is 0 Å². The van der Waals surface area contributed by atoms with Gasteiger partial charge >= 0.3 is 0 Å². The maximum Gasteiger partial charge on any atom is 0.222 e. The summed E-state index contributed by atoms with van der Waals surface area (Å²) in [4.78, 5) is 11.5. The van der Waals surface area contributed by atoms with Crippen LogP contribution in [0.25, 0.3) is 0 Å². The molecule has 1 spiro atoms. The van der Waals surface area contributed by atoms with Crippen molar-refractivity contribution < 1.29 is 4.79 Å². The van der Waals surface area contributed by atoms with Crippen LogP contribution in [0.2, 0.25) is 0 Å². The number of nitrogens with one attached hydrogen (secondary N) is 1. The van der Waals surface area contributed by atoms with E-state index >= 15 is 0 Å². The molecule has 0 aliphatic heterocycles. The van der Waals surface area contributed by atoms with Gasteiger partial charge < -0.3 is 5.32 Å². The maximum atomic E-state index is 11.5. The van der Waals surface area contributed by atoms with Crippen LogP contribution in [0.1, 0.15) is 51.4 Å². The summed E-state index contributed by atoms with van der Waals surface area (Å²) in [5, 5.41) is 2.77. The molecule has 0 heterocycles. The minimum Gasteiger partial charge on any atom is -0.359 e. The van der Waals surface area contributed by atoms with E-state index in [9.17, 15) is 4.79 Å². The normalized spacial score (nSPS) is 26.6. The molecular weight excluding hydrogens is 174 g/mol. The molecule has 2 rings (SSSR count). The number of amides is 1. The van der Waals surface area contributed by atoms with E-state index in [2.05, 4.69) is 5.32 Å². The summed E-state index contributed by atoms with van der Waals surface area (Å²) in [6.07, 6.45) is 10.5. The number of rotatable bonds is 1. The van der Waals surface area contributed by atoms with Gasteiger partial charge in [-0.05, 0) is 43.9 Å². The van der Waals surface area contributed by atoms with E-state index in [4.69, 9.17) is 0 Å². The lowest BCUT2D eigenvalue weighted by Gasteiger charge is -2.36. The topological polar surface area (TPSA) is 29.1 Å². The first-order chi connectivity index (χ1) is 6.76. The van der Waals surface area contributed by atoms with Crippen molar-refractivity contribution in [1.29, 1.82) is 0 Å². The SMILES string of the molecule is CNC(=O)C1CCC2(CCCC2)CC1. The van der Waals surface area contributed by atoms with Gasteiger partial charge in [0.25, 0.3) is 0 Å². The Hall–Kier alpha value is -0.530. The van der Waals surface area contributed by atoms with Crippen molar-refractivity contribution in [3.8, 4) is 0 Å². The summed E-state index contributed by atoms with van der Waals surface area (Å²) in [5.41, 5.74) is 0.657. The van der Waals surface area contributed by atoms with Gasteiger partial charge in [0.1, 0.15) is 0 Å². The Bertz CT molecular complexity index is 208. The summed E-state index contributed by atoms with van der Waals surface area (Å²) < 4.78 is 0. The van der Waals surface area contributed by atoms with E-state index in [1.807, 2.05) is 0 Å². The molecule has 2 nitrogen and oxygen atoms in total. The third kappa shape index (κ3) is 1.79. The monoisotopic (exact) mass is 195 g/mol. The van der Waals surface area contributed by atoms with Crippen molar-refractivity contribution in [1.82, 2.24) is 5.32 Å². The van der Waals surface area contributed by atoms with Gasteiger partial charge in [-0.3, -0.25) is 4.79 Å². The molecule has 0 unspecified atom stereocenters. The van der Waals surface area contributed by atoms with Gasteiger partial charge in [-0.25, -0.2) is 0 Å². The predicted molar refractivity (Wildman–Crippen MR) is 56.9 cm³/mol. The molecular formula is C12H21NO. The van der Waals surface area contributed by atoms with Gasteiger partial charge in [-0.15, -0.1) is 0 Å². The van der Waals surface area contributed by atoms with E-state index < -0.39 is 0 Å². The summed E-state index contributed by atoms with van der Waals surface area (Å²) in [5.74, 6) is 0.573. The average Bonchev–Trinajstić information content (AvgIpc) is 2.67. The second-order valence-corrected chi connectivity index (χ2v) is 5.10. The molecule has 0 aromatic carbocycles. The molecule has 0 bridgehead atoms. The summed E-state index contributed by atoms with van der Waals surface area (Å²) in [6.45, 7) is 0. The van der Waals surface area contributed by atoms with Crippen molar-refractivity contribution in [3.05, 3.63) is 0 Å². The third-order valence-corrected chi connectivity index (χ3v) is 4.33.